The molecule has 0 aliphatic carbocycles. The second-order valence-electron chi connectivity index (χ2n) is 4.37. The number of hydrogen-bond donors (Lipinski definition) is 0. The van der Waals surface area contributed by atoms with Crippen LogP contribution < -0.4 is 10.5 Å². The lowest BCUT2D eigenvalue weighted by molar-refractivity contribution is 0.711. The van der Waals surface area contributed by atoms with Crippen molar-refractivity contribution in [2.45, 2.75) is 33.2 Å². The summed E-state index contributed by atoms with van der Waals surface area (Å²) in [4.78, 5) is 18.7. The molecule has 0 saturated carbocycles. The Balaban J connectivity index is 2.56. The number of aryl methyl sites for hydroxylation is 1. The molecule has 0 N–H and O–H groups in total. The van der Waals surface area contributed by atoms with Gasteiger partial charge in [-0.3, -0.25) is 9.36 Å². The summed E-state index contributed by atoms with van der Waals surface area (Å²) in [5, 5.41) is 8.82. The Labute approximate surface area is 100 Å². The Bertz CT molecular complexity index is 521. The third-order valence-corrected chi connectivity index (χ3v) is 3.24. The zero-order valence-corrected chi connectivity index (χ0v) is 10.2. The van der Waals surface area contributed by atoms with Crippen molar-refractivity contribution in [3.05, 3.63) is 21.6 Å². The van der Waals surface area contributed by atoms with Crippen LogP contribution in [0.1, 0.15) is 24.1 Å². The molecule has 2 rings (SSSR count). The van der Waals surface area contributed by atoms with Crippen molar-refractivity contribution in [1.29, 1.82) is 5.26 Å². The first-order valence-electron chi connectivity index (χ1n) is 5.85. The normalized spacial score (nSPS) is 15.0. The summed E-state index contributed by atoms with van der Waals surface area (Å²) >= 11 is 0. The topological polar surface area (TPSA) is 61.9 Å². The largest absolute Gasteiger partial charge is 0.342 e. The van der Waals surface area contributed by atoms with Gasteiger partial charge >= 0.3 is 0 Å². The van der Waals surface area contributed by atoms with Gasteiger partial charge in [-0.2, -0.15) is 5.26 Å². The van der Waals surface area contributed by atoms with Crippen molar-refractivity contribution in [1.82, 2.24) is 9.55 Å². The van der Waals surface area contributed by atoms with E-state index in [2.05, 4.69) is 9.88 Å². The molecule has 90 valence electrons. The van der Waals surface area contributed by atoms with Crippen LogP contribution in [0.4, 0.5) is 5.95 Å². The molecule has 1 fully saturated rings. The van der Waals surface area contributed by atoms with Gasteiger partial charge in [0.05, 0.1) is 6.07 Å². The highest BCUT2D eigenvalue weighted by atomic mass is 16.1. The number of nitriles is 1. The van der Waals surface area contributed by atoms with E-state index in [9.17, 15) is 4.79 Å². The first-order valence-corrected chi connectivity index (χ1v) is 5.85. The van der Waals surface area contributed by atoms with Gasteiger partial charge < -0.3 is 4.90 Å². The third kappa shape index (κ3) is 2.03. The van der Waals surface area contributed by atoms with Gasteiger partial charge in [0.1, 0.15) is 6.54 Å². The molecule has 0 aromatic carbocycles. The maximum absolute atomic E-state index is 12.1. The summed E-state index contributed by atoms with van der Waals surface area (Å²) in [6.45, 7) is 5.50. The van der Waals surface area contributed by atoms with Crippen molar-refractivity contribution in [3.63, 3.8) is 0 Å². The predicted molar refractivity (Wildman–Crippen MR) is 65.0 cm³/mol. The smallest absolute Gasteiger partial charge is 0.258 e. The van der Waals surface area contributed by atoms with E-state index in [1.54, 1.807) is 6.92 Å². The van der Waals surface area contributed by atoms with Crippen LogP contribution in [0.3, 0.4) is 0 Å². The molecular formula is C12H16N4O. The molecule has 1 aliphatic heterocycles. The van der Waals surface area contributed by atoms with Gasteiger partial charge in [0.2, 0.25) is 5.95 Å². The second kappa shape index (κ2) is 4.58. The Morgan fingerprint density at radius 3 is 2.59 bits per heavy atom. The van der Waals surface area contributed by atoms with Crippen LogP contribution in [0.5, 0.6) is 0 Å². The van der Waals surface area contributed by atoms with Crippen LogP contribution in [0.2, 0.25) is 0 Å². The van der Waals surface area contributed by atoms with Crippen LogP contribution in [-0.4, -0.2) is 22.6 Å². The minimum absolute atomic E-state index is 0.0682. The lowest BCUT2D eigenvalue weighted by Gasteiger charge is -2.21. The number of aromatic nitrogens is 2. The van der Waals surface area contributed by atoms with E-state index < -0.39 is 0 Å². The van der Waals surface area contributed by atoms with Crippen molar-refractivity contribution in [2.24, 2.45) is 0 Å². The number of nitrogens with zero attached hydrogens (tertiary/aromatic N) is 4. The highest BCUT2D eigenvalue weighted by molar-refractivity contribution is 5.36. The molecule has 0 radical (unpaired) electrons. The van der Waals surface area contributed by atoms with Gasteiger partial charge in [-0.15, -0.1) is 0 Å². The molecule has 0 spiro atoms. The molecule has 0 unspecified atom stereocenters. The van der Waals surface area contributed by atoms with E-state index in [0.717, 1.165) is 31.6 Å². The molecule has 5 nitrogen and oxygen atoms in total. The van der Waals surface area contributed by atoms with Crippen LogP contribution in [0.15, 0.2) is 4.79 Å². The van der Waals surface area contributed by atoms with E-state index in [4.69, 9.17) is 5.26 Å². The summed E-state index contributed by atoms with van der Waals surface area (Å²) < 4.78 is 1.48. The summed E-state index contributed by atoms with van der Waals surface area (Å²) in [6.07, 6.45) is 2.24. The summed E-state index contributed by atoms with van der Waals surface area (Å²) in [5.41, 5.74) is 1.29. The number of hydrogen-bond acceptors (Lipinski definition) is 4. The molecule has 17 heavy (non-hydrogen) atoms. The first-order chi connectivity index (χ1) is 8.15. The van der Waals surface area contributed by atoms with Gasteiger partial charge in [-0.05, 0) is 26.7 Å². The minimum Gasteiger partial charge on any atom is -0.342 e. The van der Waals surface area contributed by atoms with Gasteiger partial charge in [0.15, 0.2) is 0 Å². The first kappa shape index (κ1) is 11.6. The molecule has 0 amide bonds. The molecule has 0 bridgehead atoms. The maximum Gasteiger partial charge on any atom is 0.258 e. The quantitative estimate of drug-likeness (QED) is 0.762. The summed E-state index contributed by atoms with van der Waals surface area (Å²) in [5.74, 6) is 0.650. The molecule has 0 atom stereocenters. The van der Waals surface area contributed by atoms with E-state index in [0.29, 0.717) is 11.5 Å². The van der Waals surface area contributed by atoms with Crippen molar-refractivity contribution >= 4 is 5.95 Å². The van der Waals surface area contributed by atoms with Crippen LogP contribution in [0.25, 0.3) is 0 Å². The number of rotatable bonds is 2. The average Bonchev–Trinajstić information content (AvgIpc) is 2.83. The molecule has 1 aromatic heterocycles. The van der Waals surface area contributed by atoms with Crippen molar-refractivity contribution in [2.75, 3.05) is 18.0 Å². The fraction of sp³-hybridized carbons (Fsp3) is 0.583. The zero-order chi connectivity index (χ0) is 12.4. The highest BCUT2D eigenvalue weighted by Gasteiger charge is 2.19. The molecule has 1 saturated heterocycles. The summed E-state index contributed by atoms with van der Waals surface area (Å²) in [7, 11) is 0. The Hall–Kier alpha value is -1.83. The molecule has 5 heteroatoms. The highest BCUT2D eigenvalue weighted by Crippen LogP contribution is 2.17. The second-order valence-corrected chi connectivity index (χ2v) is 4.37. The fourth-order valence-electron chi connectivity index (χ4n) is 2.11. The van der Waals surface area contributed by atoms with Crippen LogP contribution in [0, 0.1) is 25.2 Å². The maximum atomic E-state index is 12.1. The zero-order valence-electron chi connectivity index (χ0n) is 10.2. The van der Waals surface area contributed by atoms with E-state index >= 15 is 0 Å². The van der Waals surface area contributed by atoms with Gasteiger partial charge in [0, 0.05) is 24.3 Å². The fourth-order valence-corrected chi connectivity index (χ4v) is 2.11. The minimum atomic E-state index is -0.0963. The standard InChI is InChI=1S/C12H16N4O/c1-9-10(2)14-12(15-6-3-4-7-15)16(8-5-13)11(9)17/h3-4,6-8H2,1-2H3. The van der Waals surface area contributed by atoms with E-state index in [1.165, 1.54) is 4.57 Å². The monoisotopic (exact) mass is 232 g/mol. The van der Waals surface area contributed by atoms with E-state index in [-0.39, 0.29) is 12.1 Å². The van der Waals surface area contributed by atoms with Gasteiger partial charge in [-0.25, -0.2) is 4.98 Å². The molecule has 1 aliphatic rings. The predicted octanol–water partition coefficient (Wildman–Crippen LogP) is 0.984. The lowest BCUT2D eigenvalue weighted by Crippen LogP contribution is -2.32. The number of anilines is 1. The Morgan fingerprint density at radius 1 is 1.35 bits per heavy atom. The van der Waals surface area contributed by atoms with Crippen molar-refractivity contribution < 1.29 is 0 Å². The van der Waals surface area contributed by atoms with Gasteiger partial charge in [0.25, 0.3) is 5.56 Å². The lowest BCUT2D eigenvalue weighted by atomic mass is 10.2. The summed E-state index contributed by atoms with van der Waals surface area (Å²) in [6, 6.07) is 2.03. The molecule has 1 aromatic rings. The Morgan fingerprint density at radius 2 is 2.00 bits per heavy atom. The third-order valence-electron chi connectivity index (χ3n) is 3.24. The average molecular weight is 232 g/mol. The SMILES string of the molecule is Cc1nc(N2CCCC2)n(CC#N)c(=O)c1C. The Kier molecular flexibility index (Phi) is 3.14. The van der Waals surface area contributed by atoms with Gasteiger partial charge in [-0.1, -0.05) is 0 Å². The van der Waals surface area contributed by atoms with Crippen molar-refractivity contribution in [3.8, 4) is 6.07 Å². The molecular weight excluding hydrogens is 216 g/mol. The van der Waals surface area contributed by atoms with Crippen LogP contribution in [-0.2, 0) is 6.54 Å². The van der Waals surface area contributed by atoms with Crippen LogP contribution >= 0.6 is 0 Å². The molecule has 2 heterocycles. The van der Waals surface area contributed by atoms with E-state index in [1.807, 2.05) is 13.0 Å².